The van der Waals surface area contributed by atoms with Gasteiger partial charge in [0.1, 0.15) is 23.0 Å². The molecule has 1 aromatic carbocycles. The average molecular weight is 283 g/mol. The Bertz CT molecular complexity index is 775. The van der Waals surface area contributed by atoms with E-state index in [-0.39, 0.29) is 11.4 Å². The van der Waals surface area contributed by atoms with Crippen molar-refractivity contribution >= 4 is 28.7 Å². The first-order valence-corrected chi connectivity index (χ1v) is 6.74. The number of hydrogen-bond acceptors (Lipinski definition) is 7. The number of nitrogen functional groups attached to an aromatic ring is 1. The third kappa shape index (κ3) is 2.41. The van der Waals surface area contributed by atoms with Gasteiger partial charge < -0.3 is 10.2 Å². The smallest absolute Gasteiger partial charge is 0.205 e. The topological polar surface area (TPSA) is 102 Å². The van der Waals surface area contributed by atoms with Crippen LogP contribution in [0.3, 0.4) is 0 Å². The summed E-state index contributed by atoms with van der Waals surface area (Å²) in [4.78, 5) is 12.5. The number of para-hydroxylation sites is 2. The number of anilines is 1. The minimum absolute atomic E-state index is 0.183. The SMILES string of the molecule is N#Cc1cnc(SCc2nc3ccccc3o2)nc1N. The Morgan fingerprint density at radius 1 is 1.30 bits per heavy atom. The van der Waals surface area contributed by atoms with E-state index in [0.717, 1.165) is 11.1 Å². The van der Waals surface area contributed by atoms with Gasteiger partial charge >= 0.3 is 0 Å². The van der Waals surface area contributed by atoms with Crippen molar-refractivity contribution in [1.82, 2.24) is 15.0 Å². The molecule has 0 fully saturated rings. The normalized spacial score (nSPS) is 10.6. The van der Waals surface area contributed by atoms with E-state index in [2.05, 4.69) is 15.0 Å². The molecule has 0 aliphatic heterocycles. The molecule has 0 bridgehead atoms. The molecule has 2 heterocycles. The zero-order chi connectivity index (χ0) is 13.9. The number of nitrogens with zero attached hydrogens (tertiary/aromatic N) is 4. The van der Waals surface area contributed by atoms with Crippen molar-refractivity contribution in [2.45, 2.75) is 10.9 Å². The summed E-state index contributed by atoms with van der Waals surface area (Å²) in [5.41, 5.74) is 7.49. The van der Waals surface area contributed by atoms with Gasteiger partial charge in [-0.05, 0) is 12.1 Å². The summed E-state index contributed by atoms with van der Waals surface area (Å²) in [6, 6.07) is 9.49. The molecule has 0 unspecified atom stereocenters. The molecule has 6 nitrogen and oxygen atoms in total. The minimum Gasteiger partial charge on any atom is -0.440 e. The van der Waals surface area contributed by atoms with Crippen LogP contribution in [-0.2, 0) is 5.75 Å². The summed E-state index contributed by atoms with van der Waals surface area (Å²) >= 11 is 1.35. The first-order chi connectivity index (χ1) is 9.76. The molecule has 0 spiro atoms. The van der Waals surface area contributed by atoms with Gasteiger partial charge in [0, 0.05) is 0 Å². The lowest BCUT2D eigenvalue weighted by molar-refractivity contribution is 0.556. The maximum atomic E-state index is 8.76. The Hall–Kier alpha value is -2.59. The van der Waals surface area contributed by atoms with Gasteiger partial charge in [-0.25, -0.2) is 15.0 Å². The van der Waals surface area contributed by atoms with Gasteiger partial charge in [0.2, 0.25) is 5.89 Å². The van der Waals surface area contributed by atoms with Gasteiger partial charge in [-0.15, -0.1) is 0 Å². The minimum atomic E-state index is 0.183. The van der Waals surface area contributed by atoms with Crippen LogP contribution in [0.5, 0.6) is 0 Å². The number of rotatable bonds is 3. The van der Waals surface area contributed by atoms with Crippen molar-refractivity contribution in [2.24, 2.45) is 0 Å². The van der Waals surface area contributed by atoms with Crippen LogP contribution in [0.1, 0.15) is 11.5 Å². The molecule has 3 aromatic rings. The third-order valence-electron chi connectivity index (χ3n) is 2.58. The van der Waals surface area contributed by atoms with Gasteiger partial charge in [-0.3, -0.25) is 0 Å². The number of fused-ring (bicyclic) bond motifs is 1. The Kier molecular flexibility index (Phi) is 3.23. The van der Waals surface area contributed by atoms with Crippen LogP contribution in [0.25, 0.3) is 11.1 Å². The van der Waals surface area contributed by atoms with Gasteiger partial charge in [0.05, 0.1) is 11.9 Å². The van der Waals surface area contributed by atoms with E-state index in [9.17, 15) is 0 Å². The summed E-state index contributed by atoms with van der Waals surface area (Å²) in [6.45, 7) is 0. The van der Waals surface area contributed by atoms with Crippen LogP contribution in [0.15, 0.2) is 40.0 Å². The largest absolute Gasteiger partial charge is 0.440 e. The maximum Gasteiger partial charge on any atom is 0.205 e. The fraction of sp³-hybridized carbons (Fsp3) is 0.0769. The van der Waals surface area contributed by atoms with Crippen LogP contribution >= 0.6 is 11.8 Å². The average Bonchev–Trinajstić information content (AvgIpc) is 2.88. The second-order valence-electron chi connectivity index (χ2n) is 3.93. The van der Waals surface area contributed by atoms with Crippen LogP contribution in [-0.4, -0.2) is 15.0 Å². The van der Waals surface area contributed by atoms with Crippen molar-refractivity contribution in [1.29, 1.82) is 5.26 Å². The number of thioether (sulfide) groups is 1. The van der Waals surface area contributed by atoms with Gasteiger partial charge in [0.15, 0.2) is 10.7 Å². The summed E-state index contributed by atoms with van der Waals surface area (Å²) < 4.78 is 5.59. The van der Waals surface area contributed by atoms with E-state index in [1.165, 1.54) is 18.0 Å². The van der Waals surface area contributed by atoms with E-state index in [1.54, 1.807) is 0 Å². The highest BCUT2D eigenvalue weighted by atomic mass is 32.2. The van der Waals surface area contributed by atoms with Crippen molar-refractivity contribution < 1.29 is 4.42 Å². The Morgan fingerprint density at radius 2 is 2.15 bits per heavy atom. The van der Waals surface area contributed by atoms with Crippen molar-refractivity contribution in [3.05, 3.63) is 41.9 Å². The molecule has 0 saturated carbocycles. The molecule has 2 N–H and O–H groups in total. The molecular formula is C13H9N5OS. The highest BCUT2D eigenvalue weighted by Gasteiger charge is 2.08. The van der Waals surface area contributed by atoms with E-state index in [1.807, 2.05) is 30.3 Å². The van der Waals surface area contributed by atoms with Crippen molar-refractivity contribution in [3.8, 4) is 6.07 Å². The van der Waals surface area contributed by atoms with E-state index in [0.29, 0.717) is 16.8 Å². The third-order valence-corrected chi connectivity index (χ3v) is 3.43. The number of benzene rings is 1. The summed E-state index contributed by atoms with van der Waals surface area (Å²) in [6.07, 6.45) is 1.41. The molecule has 7 heteroatoms. The molecule has 0 aliphatic rings. The van der Waals surface area contributed by atoms with E-state index >= 15 is 0 Å². The Balaban J connectivity index is 1.76. The van der Waals surface area contributed by atoms with Crippen LogP contribution < -0.4 is 5.73 Å². The van der Waals surface area contributed by atoms with Crippen LogP contribution in [0, 0.1) is 11.3 Å². The molecule has 0 saturated heterocycles. The molecule has 0 amide bonds. The first-order valence-electron chi connectivity index (χ1n) is 5.76. The Labute approximate surface area is 118 Å². The number of nitrogens with two attached hydrogens (primary N) is 1. The van der Waals surface area contributed by atoms with Crippen LogP contribution in [0.2, 0.25) is 0 Å². The summed E-state index contributed by atoms with van der Waals surface area (Å²) in [7, 11) is 0. The van der Waals surface area contributed by atoms with Gasteiger partial charge in [0.25, 0.3) is 0 Å². The number of nitriles is 1. The monoisotopic (exact) mass is 283 g/mol. The molecule has 0 atom stereocenters. The lowest BCUT2D eigenvalue weighted by Crippen LogP contribution is -1.98. The standard InChI is InChI=1S/C13H9N5OS/c14-5-8-6-16-13(18-12(8)15)20-7-11-17-9-3-1-2-4-10(9)19-11/h1-4,6H,7H2,(H2,15,16,18). The fourth-order valence-electron chi connectivity index (χ4n) is 1.64. The highest BCUT2D eigenvalue weighted by molar-refractivity contribution is 7.98. The van der Waals surface area contributed by atoms with Gasteiger partial charge in [-0.2, -0.15) is 5.26 Å². The number of hydrogen-bond donors (Lipinski definition) is 1. The zero-order valence-corrected chi connectivity index (χ0v) is 11.1. The molecule has 0 aliphatic carbocycles. The van der Waals surface area contributed by atoms with E-state index < -0.39 is 0 Å². The maximum absolute atomic E-state index is 8.76. The predicted molar refractivity (Wildman–Crippen MR) is 74.7 cm³/mol. The Morgan fingerprint density at radius 3 is 2.90 bits per heavy atom. The second-order valence-corrected chi connectivity index (χ2v) is 4.87. The molecule has 3 rings (SSSR count). The van der Waals surface area contributed by atoms with Crippen molar-refractivity contribution in [2.75, 3.05) is 5.73 Å². The zero-order valence-electron chi connectivity index (χ0n) is 10.3. The summed E-state index contributed by atoms with van der Waals surface area (Å²) in [5, 5.41) is 9.25. The first kappa shape index (κ1) is 12.4. The lowest BCUT2D eigenvalue weighted by Gasteiger charge is -1.99. The molecule has 2 aromatic heterocycles. The molecule has 20 heavy (non-hydrogen) atoms. The second kappa shape index (κ2) is 5.19. The predicted octanol–water partition coefficient (Wildman–Crippen LogP) is 2.36. The number of aromatic nitrogens is 3. The van der Waals surface area contributed by atoms with Gasteiger partial charge in [-0.1, -0.05) is 23.9 Å². The fourth-order valence-corrected chi connectivity index (χ4v) is 2.31. The quantitative estimate of drug-likeness (QED) is 0.581. The van der Waals surface area contributed by atoms with E-state index in [4.69, 9.17) is 15.4 Å². The van der Waals surface area contributed by atoms with Crippen molar-refractivity contribution in [3.63, 3.8) is 0 Å². The highest BCUT2D eigenvalue weighted by Crippen LogP contribution is 2.23. The summed E-state index contributed by atoms with van der Waals surface area (Å²) in [5.74, 6) is 1.28. The molecule has 0 radical (unpaired) electrons. The lowest BCUT2D eigenvalue weighted by atomic mass is 10.3. The van der Waals surface area contributed by atoms with Crippen LogP contribution in [0.4, 0.5) is 5.82 Å². The number of oxazole rings is 1. The molecular weight excluding hydrogens is 274 g/mol. The molecule has 98 valence electrons.